The quantitative estimate of drug-likeness (QED) is 0.661. The van der Waals surface area contributed by atoms with Crippen molar-refractivity contribution in [2.24, 2.45) is 11.7 Å². The molecule has 1 aliphatic rings. The average molecular weight is 254 g/mol. The summed E-state index contributed by atoms with van der Waals surface area (Å²) in [5, 5.41) is 2.58. The number of nitrogens with two attached hydrogens (primary N) is 1. The van der Waals surface area contributed by atoms with Crippen LogP contribution in [0, 0.1) is 5.92 Å². The molecule has 1 fully saturated rings. The fraction of sp³-hybridized carbons (Fsp3) is 0.900. The van der Waals surface area contributed by atoms with Gasteiger partial charge in [-0.3, -0.25) is 4.79 Å². The van der Waals surface area contributed by atoms with Gasteiger partial charge in [0, 0.05) is 19.0 Å². The van der Waals surface area contributed by atoms with Gasteiger partial charge in [0.25, 0.3) is 0 Å². The van der Waals surface area contributed by atoms with Gasteiger partial charge in [0.2, 0.25) is 5.91 Å². The minimum atomic E-state index is -4.34. The predicted octanol–water partition coefficient (Wildman–Crippen LogP) is 0.809. The molecule has 1 amide bonds. The van der Waals surface area contributed by atoms with Crippen LogP contribution in [0.3, 0.4) is 0 Å². The lowest BCUT2D eigenvalue weighted by Crippen LogP contribution is -2.38. The van der Waals surface area contributed by atoms with E-state index in [1.54, 1.807) is 0 Å². The van der Waals surface area contributed by atoms with E-state index in [2.05, 4.69) is 10.1 Å². The molecule has 7 heteroatoms. The second-order valence-corrected chi connectivity index (χ2v) is 4.22. The van der Waals surface area contributed by atoms with E-state index in [1.807, 2.05) is 0 Å². The zero-order chi connectivity index (χ0) is 12.9. The van der Waals surface area contributed by atoms with Crippen molar-refractivity contribution in [2.45, 2.75) is 31.5 Å². The SMILES string of the molecule is NC(CNC(=O)CCOCC(F)(F)F)C1CC1. The first kappa shape index (κ1) is 14.2. The molecule has 4 nitrogen and oxygen atoms in total. The third kappa shape index (κ3) is 7.17. The number of hydrogen-bond acceptors (Lipinski definition) is 3. The topological polar surface area (TPSA) is 64.3 Å². The Kier molecular flexibility index (Phi) is 5.20. The van der Waals surface area contributed by atoms with Crippen molar-refractivity contribution in [3.8, 4) is 0 Å². The predicted molar refractivity (Wildman–Crippen MR) is 55.2 cm³/mol. The molecule has 3 N–H and O–H groups in total. The molecular formula is C10H17F3N2O2. The highest BCUT2D eigenvalue weighted by molar-refractivity contribution is 5.75. The molecule has 0 aromatic heterocycles. The van der Waals surface area contributed by atoms with E-state index in [1.165, 1.54) is 0 Å². The molecule has 17 heavy (non-hydrogen) atoms. The number of carbonyl (C=O) groups excluding carboxylic acids is 1. The fourth-order valence-corrected chi connectivity index (χ4v) is 1.36. The lowest BCUT2D eigenvalue weighted by Gasteiger charge is -2.12. The molecular weight excluding hydrogens is 237 g/mol. The molecule has 0 heterocycles. The van der Waals surface area contributed by atoms with Crippen molar-refractivity contribution in [3.05, 3.63) is 0 Å². The number of alkyl halides is 3. The molecule has 0 radical (unpaired) electrons. The summed E-state index contributed by atoms with van der Waals surface area (Å²) in [4.78, 5) is 11.2. The molecule has 1 unspecified atom stereocenters. The standard InChI is InChI=1S/C10H17F3N2O2/c11-10(12,13)6-17-4-3-9(16)15-5-8(14)7-1-2-7/h7-8H,1-6,14H2,(H,15,16). The highest BCUT2D eigenvalue weighted by atomic mass is 19.4. The van der Waals surface area contributed by atoms with Gasteiger partial charge in [-0.25, -0.2) is 0 Å². The van der Waals surface area contributed by atoms with Crippen molar-refractivity contribution in [3.63, 3.8) is 0 Å². The van der Waals surface area contributed by atoms with Gasteiger partial charge >= 0.3 is 6.18 Å². The molecule has 1 saturated carbocycles. The van der Waals surface area contributed by atoms with E-state index in [4.69, 9.17) is 5.73 Å². The number of halogens is 3. The lowest BCUT2D eigenvalue weighted by molar-refractivity contribution is -0.174. The normalized spacial score (nSPS) is 17.9. The smallest absolute Gasteiger partial charge is 0.372 e. The van der Waals surface area contributed by atoms with Gasteiger partial charge in [0.1, 0.15) is 6.61 Å². The van der Waals surface area contributed by atoms with E-state index >= 15 is 0 Å². The van der Waals surface area contributed by atoms with Gasteiger partial charge < -0.3 is 15.8 Å². The minimum absolute atomic E-state index is 0.0463. The van der Waals surface area contributed by atoms with Gasteiger partial charge in [-0.1, -0.05) is 0 Å². The van der Waals surface area contributed by atoms with E-state index < -0.39 is 12.8 Å². The summed E-state index contributed by atoms with van der Waals surface area (Å²) in [5.74, 6) is 0.153. The summed E-state index contributed by atoms with van der Waals surface area (Å²) in [5.41, 5.74) is 5.74. The van der Waals surface area contributed by atoms with E-state index in [9.17, 15) is 18.0 Å². The maximum absolute atomic E-state index is 11.7. The summed E-state index contributed by atoms with van der Waals surface area (Å²) in [7, 11) is 0. The van der Waals surface area contributed by atoms with Crippen LogP contribution in [-0.2, 0) is 9.53 Å². The highest BCUT2D eigenvalue weighted by Gasteiger charge is 2.29. The fourth-order valence-electron chi connectivity index (χ4n) is 1.36. The van der Waals surface area contributed by atoms with Crippen molar-refractivity contribution in [2.75, 3.05) is 19.8 Å². The van der Waals surface area contributed by atoms with Crippen LogP contribution < -0.4 is 11.1 Å². The Morgan fingerprint density at radius 2 is 2.12 bits per heavy atom. The second-order valence-electron chi connectivity index (χ2n) is 4.22. The van der Waals surface area contributed by atoms with Gasteiger partial charge in [0.15, 0.2) is 0 Å². The third-order valence-electron chi connectivity index (χ3n) is 2.50. The Balaban J connectivity index is 1.97. The van der Waals surface area contributed by atoms with Crippen LogP contribution in [0.5, 0.6) is 0 Å². The Hall–Kier alpha value is -0.820. The van der Waals surface area contributed by atoms with Crippen molar-refractivity contribution >= 4 is 5.91 Å². The van der Waals surface area contributed by atoms with Crippen LogP contribution in [-0.4, -0.2) is 37.9 Å². The third-order valence-corrected chi connectivity index (χ3v) is 2.50. The van der Waals surface area contributed by atoms with Crippen molar-refractivity contribution in [1.29, 1.82) is 0 Å². The number of ether oxygens (including phenoxy) is 1. The Labute approximate surface area is 97.7 Å². The van der Waals surface area contributed by atoms with Crippen LogP contribution in [0.15, 0.2) is 0 Å². The molecule has 0 aromatic carbocycles. The number of carbonyl (C=O) groups is 1. The summed E-state index contributed by atoms with van der Waals surface area (Å²) >= 11 is 0. The van der Waals surface area contributed by atoms with Crippen LogP contribution in [0.4, 0.5) is 13.2 Å². The first-order valence-electron chi connectivity index (χ1n) is 5.55. The molecule has 100 valence electrons. The van der Waals surface area contributed by atoms with Crippen LogP contribution in [0.2, 0.25) is 0 Å². The van der Waals surface area contributed by atoms with E-state index in [-0.39, 0.29) is 25.0 Å². The lowest BCUT2D eigenvalue weighted by atomic mass is 10.2. The molecule has 1 atom stereocenters. The van der Waals surface area contributed by atoms with Crippen molar-refractivity contribution < 1.29 is 22.7 Å². The number of rotatable bonds is 7. The van der Waals surface area contributed by atoms with Gasteiger partial charge in [-0.05, 0) is 18.8 Å². The Morgan fingerprint density at radius 3 is 2.65 bits per heavy atom. The molecule has 0 aliphatic heterocycles. The maximum Gasteiger partial charge on any atom is 0.411 e. The van der Waals surface area contributed by atoms with Gasteiger partial charge in [-0.2, -0.15) is 13.2 Å². The first-order chi connectivity index (χ1) is 7.88. The maximum atomic E-state index is 11.7. The number of amides is 1. The summed E-state index contributed by atoms with van der Waals surface area (Å²) in [6, 6.07) is -0.0463. The monoisotopic (exact) mass is 254 g/mol. The summed E-state index contributed by atoms with van der Waals surface area (Å²) in [6.45, 7) is -1.17. The van der Waals surface area contributed by atoms with Gasteiger partial charge in [0.05, 0.1) is 6.61 Å². The van der Waals surface area contributed by atoms with Crippen molar-refractivity contribution in [1.82, 2.24) is 5.32 Å². The number of hydrogen-bond donors (Lipinski definition) is 2. The van der Waals surface area contributed by atoms with Crippen LogP contribution >= 0.6 is 0 Å². The van der Waals surface area contributed by atoms with E-state index in [0.29, 0.717) is 12.5 Å². The molecule has 1 rings (SSSR count). The van der Waals surface area contributed by atoms with Crippen LogP contribution in [0.1, 0.15) is 19.3 Å². The van der Waals surface area contributed by atoms with Gasteiger partial charge in [-0.15, -0.1) is 0 Å². The summed E-state index contributed by atoms with van der Waals surface area (Å²) < 4.78 is 39.4. The molecule has 0 saturated heterocycles. The van der Waals surface area contributed by atoms with Crippen LogP contribution in [0.25, 0.3) is 0 Å². The number of nitrogens with one attached hydrogen (secondary N) is 1. The Bertz CT molecular complexity index is 254. The Morgan fingerprint density at radius 1 is 1.47 bits per heavy atom. The zero-order valence-corrected chi connectivity index (χ0v) is 9.43. The summed E-state index contributed by atoms with van der Waals surface area (Å²) in [6.07, 6.45) is -2.24. The average Bonchev–Trinajstić information content (AvgIpc) is 3.03. The largest absolute Gasteiger partial charge is 0.411 e. The molecule has 0 bridgehead atoms. The zero-order valence-electron chi connectivity index (χ0n) is 9.43. The van der Waals surface area contributed by atoms with E-state index in [0.717, 1.165) is 12.8 Å². The molecule has 0 spiro atoms. The minimum Gasteiger partial charge on any atom is -0.372 e. The molecule has 0 aromatic rings. The first-order valence-corrected chi connectivity index (χ1v) is 5.55. The molecule has 1 aliphatic carbocycles. The highest BCUT2D eigenvalue weighted by Crippen LogP contribution is 2.31. The second kappa shape index (κ2) is 6.20.